The van der Waals surface area contributed by atoms with Crippen molar-refractivity contribution >= 4 is 24.3 Å². The van der Waals surface area contributed by atoms with E-state index in [1.165, 1.54) is 36.5 Å². The number of nitrogens with one attached hydrogen (secondary N) is 2. The zero-order valence-electron chi connectivity index (χ0n) is 19.7. The molecule has 0 fully saturated rings. The maximum absolute atomic E-state index is 13.9. The number of nitrogens with zero attached hydrogens (tertiary/aromatic N) is 1. The zero-order chi connectivity index (χ0) is 26.4. The summed E-state index contributed by atoms with van der Waals surface area (Å²) in [6, 6.07) is 16.7. The van der Waals surface area contributed by atoms with Crippen LogP contribution in [0, 0.1) is 24.4 Å². The van der Waals surface area contributed by atoms with E-state index in [0.717, 1.165) is 28.5 Å². The Hall–Kier alpha value is -4.11. The van der Waals surface area contributed by atoms with Gasteiger partial charge in [-0.05, 0) is 78.4 Å². The number of aryl methyl sites for hydroxylation is 1. The molecule has 37 heavy (non-hydrogen) atoms. The molecule has 2 amide bonds. The van der Waals surface area contributed by atoms with Crippen molar-refractivity contribution in [2.45, 2.75) is 24.3 Å². The van der Waals surface area contributed by atoms with Gasteiger partial charge in [0.25, 0.3) is 0 Å². The predicted molar refractivity (Wildman–Crippen MR) is 137 cm³/mol. The molecule has 9 heteroatoms. The van der Waals surface area contributed by atoms with Crippen molar-refractivity contribution in [3.63, 3.8) is 0 Å². The van der Waals surface area contributed by atoms with Gasteiger partial charge in [0, 0.05) is 22.7 Å². The number of carbonyl (C=O) groups is 2. The van der Waals surface area contributed by atoms with Crippen LogP contribution in [0.25, 0.3) is 11.1 Å². The molecule has 0 aliphatic carbocycles. The molecule has 3 aromatic carbocycles. The lowest BCUT2D eigenvalue weighted by Gasteiger charge is -2.22. The van der Waals surface area contributed by atoms with Crippen molar-refractivity contribution in [3.05, 3.63) is 119 Å². The Kier molecular flexibility index (Phi) is 8.25. The van der Waals surface area contributed by atoms with Crippen LogP contribution in [0.15, 0.2) is 83.9 Å². The summed E-state index contributed by atoms with van der Waals surface area (Å²) < 4.78 is 44.5. The summed E-state index contributed by atoms with van der Waals surface area (Å²) in [6.07, 6.45) is 1.95. The SMILES string of the molecule is Cc1ccccc1SNC(=O)NC(Cc1cc(F)cc(F)c1)c1ncccc1-c1ccc(F)c(C=O)c1. The van der Waals surface area contributed by atoms with Crippen molar-refractivity contribution in [1.29, 1.82) is 0 Å². The maximum Gasteiger partial charge on any atom is 0.325 e. The number of rotatable bonds is 8. The second kappa shape index (κ2) is 11.7. The van der Waals surface area contributed by atoms with Gasteiger partial charge in [-0.2, -0.15) is 0 Å². The van der Waals surface area contributed by atoms with Crippen LogP contribution in [0.5, 0.6) is 0 Å². The Morgan fingerprint density at radius 2 is 1.76 bits per heavy atom. The van der Waals surface area contributed by atoms with Crippen LogP contribution in [-0.2, 0) is 6.42 Å². The van der Waals surface area contributed by atoms with Crippen molar-refractivity contribution in [2.24, 2.45) is 0 Å². The molecular weight excluding hydrogens is 499 g/mol. The number of hydrogen-bond donors (Lipinski definition) is 2. The van der Waals surface area contributed by atoms with Crippen molar-refractivity contribution < 1.29 is 22.8 Å². The summed E-state index contributed by atoms with van der Waals surface area (Å²) in [6.45, 7) is 1.92. The van der Waals surface area contributed by atoms with Gasteiger partial charge < -0.3 is 5.32 Å². The second-order valence-electron chi connectivity index (χ2n) is 8.27. The summed E-state index contributed by atoms with van der Waals surface area (Å²) >= 11 is 1.13. The van der Waals surface area contributed by atoms with E-state index < -0.39 is 29.5 Å². The summed E-state index contributed by atoms with van der Waals surface area (Å²) in [7, 11) is 0. The van der Waals surface area contributed by atoms with Crippen molar-refractivity contribution in [1.82, 2.24) is 15.0 Å². The molecule has 0 aliphatic rings. The molecule has 1 heterocycles. The second-order valence-corrected chi connectivity index (χ2v) is 9.12. The molecule has 0 saturated carbocycles. The van der Waals surface area contributed by atoms with Gasteiger partial charge in [-0.3, -0.25) is 14.5 Å². The predicted octanol–water partition coefficient (Wildman–Crippen LogP) is 6.58. The van der Waals surface area contributed by atoms with Gasteiger partial charge >= 0.3 is 6.03 Å². The lowest BCUT2D eigenvalue weighted by molar-refractivity contribution is 0.112. The number of carbonyl (C=O) groups excluding carboxylic acids is 2. The largest absolute Gasteiger partial charge is 0.329 e. The molecule has 1 aromatic heterocycles. The molecular formula is C28H22F3N3O2S. The lowest BCUT2D eigenvalue weighted by atomic mass is 9.94. The van der Waals surface area contributed by atoms with Gasteiger partial charge in [-0.1, -0.05) is 30.3 Å². The summed E-state index contributed by atoms with van der Waals surface area (Å²) in [4.78, 5) is 29.5. The molecule has 0 spiro atoms. The van der Waals surface area contributed by atoms with Gasteiger partial charge in [0.2, 0.25) is 0 Å². The van der Waals surface area contributed by atoms with Crippen LogP contribution in [-0.4, -0.2) is 17.3 Å². The molecule has 0 saturated heterocycles. The van der Waals surface area contributed by atoms with Crippen LogP contribution in [0.1, 0.15) is 33.2 Å². The topological polar surface area (TPSA) is 71.1 Å². The molecule has 1 unspecified atom stereocenters. The van der Waals surface area contributed by atoms with Crippen molar-refractivity contribution in [3.8, 4) is 11.1 Å². The average Bonchev–Trinajstić information content (AvgIpc) is 2.87. The summed E-state index contributed by atoms with van der Waals surface area (Å²) in [5.74, 6) is -2.16. The number of halogens is 3. The third-order valence-corrected chi connectivity index (χ3v) is 6.58. The molecule has 4 rings (SSSR count). The van der Waals surface area contributed by atoms with Crippen LogP contribution >= 0.6 is 11.9 Å². The fourth-order valence-corrected chi connectivity index (χ4v) is 4.52. The average molecular weight is 522 g/mol. The van der Waals surface area contributed by atoms with E-state index in [1.807, 2.05) is 31.2 Å². The fourth-order valence-electron chi connectivity index (χ4n) is 3.88. The van der Waals surface area contributed by atoms with Gasteiger partial charge in [0.05, 0.1) is 17.3 Å². The zero-order valence-corrected chi connectivity index (χ0v) is 20.5. The number of amides is 2. The smallest absolute Gasteiger partial charge is 0.325 e. The van der Waals surface area contributed by atoms with Gasteiger partial charge in [0.15, 0.2) is 6.29 Å². The maximum atomic E-state index is 13.9. The Bertz CT molecular complexity index is 1430. The van der Waals surface area contributed by atoms with E-state index >= 15 is 0 Å². The van der Waals surface area contributed by atoms with Crippen LogP contribution in [0.2, 0.25) is 0 Å². The Morgan fingerprint density at radius 3 is 2.49 bits per heavy atom. The minimum absolute atomic E-state index is 0.0167. The van der Waals surface area contributed by atoms with Crippen molar-refractivity contribution in [2.75, 3.05) is 0 Å². The molecule has 1 atom stereocenters. The number of hydrogen-bond acceptors (Lipinski definition) is 4. The summed E-state index contributed by atoms with van der Waals surface area (Å²) in [5.41, 5.74) is 2.56. The molecule has 4 aromatic rings. The lowest BCUT2D eigenvalue weighted by Crippen LogP contribution is -2.36. The first kappa shape index (κ1) is 26.0. The van der Waals surface area contributed by atoms with E-state index in [1.54, 1.807) is 12.1 Å². The first-order chi connectivity index (χ1) is 17.8. The summed E-state index contributed by atoms with van der Waals surface area (Å²) in [5, 5.41) is 2.84. The number of benzene rings is 3. The number of pyridine rings is 1. The fraction of sp³-hybridized carbons (Fsp3) is 0.107. The highest BCUT2D eigenvalue weighted by Crippen LogP contribution is 2.30. The third-order valence-electron chi connectivity index (χ3n) is 5.62. The molecule has 0 bridgehead atoms. The highest BCUT2D eigenvalue weighted by atomic mass is 32.2. The number of aldehydes is 1. The number of urea groups is 1. The normalized spacial score (nSPS) is 11.6. The first-order valence-corrected chi connectivity index (χ1v) is 12.1. The van der Waals surface area contributed by atoms with Gasteiger partial charge in [0.1, 0.15) is 17.5 Å². The van der Waals surface area contributed by atoms with E-state index in [9.17, 15) is 22.8 Å². The minimum atomic E-state index is -0.820. The molecule has 188 valence electrons. The first-order valence-electron chi connectivity index (χ1n) is 11.3. The standard InChI is InChI=1S/C28H22F3N3O2S/c1-17-5-2-3-7-26(17)37-34-28(36)33-25(13-18-11-21(29)15-22(30)12-18)27-23(6-4-10-32-27)19-8-9-24(31)20(14-19)16-35/h2-12,14-16,25H,13H2,1H3,(H2,33,34,36). The quantitative estimate of drug-likeness (QED) is 0.203. The van der Waals surface area contributed by atoms with Crippen LogP contribution < -0.4 is 10.0 Å². The van der Waals surface area contributed by atoms with E-state index in [2.05, 4.69) is 15.0 Å². The van der Waals surface area contributed by atoms with E-state index in [-0.39, 0.29) is 12.0 Å². The molecule has 5 nitrogen and oxygen atoms in total. The third kappa shape index (κ3) is 6.56. The highest BCUT2D eigenvalue weighted by molar-refractivity contribution is 7.98. The Labute approximate surface area is 216 Å². The highest BCUT2D eigenvalue weighted by Gasteiger charge is 2.22. The Balaban J connectivity index is 1.68. The van der Waals surface area contributed by atoms with Crippen LogP contribution in [0.4, 0.5) is 18.0 Å². The van der Waals surface area contributed by atoms with E-state index in [4.69, 9.17) is 0 Å². The Morgan fingerprint density at radius 1 is 1.00 bits per heavy atom. The monoisotopic (exact) mass is 521 g/mol. The van der Waals surface area contributed by atoms with Crippen LogP contribution in [0.3, 0.4) is 0 Å². The van der Waals surface area contributed by atoms with Gasteiger partial charge in [-0.25, -0.2) is 18.0 Å². The van der Waals surface area contributed by atoms with E-state index in [0.29, 0.717) is 28.7 Å². The number of aromatic nitrogens is 1. The minimum Gasteiger partial charge on any atom is -0.329 e. The molecule has 0 radical (unpaired) electrons. The van der Waals surface area contributed by atoms with Gasteiger partial charge in [-0.15, -0.1) is 0 Å². The molecule has 0 aliphatic heterocycles. The molecule has 2 N–H and O–H groups in total.